The standard InChI is InChI=1S/C21H29N3O4S/c1-5-7-11-23(4)16(25)12-24-13(3)22-19-18(20(24)26)17-14(21(27)28-6-2)9-8-10-15(17)29-19/h14H,5-12H2,1-4H3. The Balaban J connectivity index is 2.04. The number of ether oxygens (including phenoxy) is 1. The number of amides is 1. The topological polar surface area (TPSA) is 81.5 Å². The van der Waals surface area contributed by atoms with Crippen molar-refractivity contribution in [3.63, 3.8) is 0 Å². The van der Waals surface area contributed by atoms with Crippen LogP contribution in [0.25, 0.3) is 10.2 Å². The third-order valence-corrected chi connectivity index (χ3v) is 6.66. The van der Waals surface area contributed by atoms with E-state index in [0.717, 1.165) is 36.1 Å². The largest absolute Gasteiger partial charge is 0.466 e. The molecule has 1 unspecified atom stereocenters. The van der Waals surface area contributed by atoms with Crippen molar-refractivity contribution >= 4 is 33.4 Å². The number of thiophene rings is 1. The van der Waals surface area contributed by atoms with Crippen LogP contribution in [-0.2, 0) is 27.3 Å². The summed E-state index contributed by atoms with van der Waals surface area (Å²) in [6.45, 7) is 6.55. The molecule has 0 saturated heterocycles. The summed E-state index contributed by atoms with van der Waals surface area (Å²) in [7, 11) is 1.76. The van der Waals surface area contributed by atoms with E-state index < -0.39 is 5.92 Å². The Morgan fingerprint density at radius 3 is 2.79 bits per heavy atom. The van der Waals surface area contributed by atoms with Gasteiger partial charge in [0.25, 0.3) is 5.56 Å². The van der Waals surface area contributed by atoms with Gasteiger partial charge in [-0.2, -0.15) is 0 Å². The molecule has 29 heavy (non-hydrogen) atoms. The Kier molecular flexibility index (Phi) is 6.72. The number of aromatic nitrogens is 2. The maximum absolute atomic E-state index is 13.4. The van der Waals surface area contributed by atoms with Crippen molar-refractivity contribution in [1.29, 1.82) is 0 Å². The minimum absolute atomic E-state index is 0.0392. The highest BCUT2D eigenvalue weighted by Gasteiger charge is 2.33. The van der Waals surface area contributed by atoms with Gasteiger partial charge in [-0.1, -0.05) is 13.3 Å². The number of hydrogen-bond donors (Lipinski definition) is 0. The summed E-state index contributed by atoms with van der Waals surface area (Å²) in [5.74, 6) is -0.307. The van der Waals surface area contributed by atoms with Crippen molar-refractivity contribution in [3.8, 4) is 0 Å². The number of likely N-dealkylation sites (N-methyl/N-ethyl adjacent to an activating group) is 1. The Morgan fingerprint density at radius 2 is 2.10 bits per heavy atom. The minimum Gasteiger partial charge on any atom is -0.466 e. The molecule has 8 heteroatoms. The van der Waals surface area contributed by atoms with Crippen LogP contribution in [0.2, 0.25) is 0 Å². The molecule has 0 saturated carbocycles. The molecule has 0 fully saturated rings. The first-order valence-electron chi connectivity index (χ1n) is 10.3. The van der Waals surface area contributed by atoms with Crippen LogP contribution in [-0.4, -0.2) is 46.5 Å². The molecule has 0 radical (unpaired) electrons. The summed E-state index contributed by atoms with van der Waals surface area (Å²) in [4.78, 5) is 46.5. The smallest absolute Gasteiger partial charge is 0.313 e. The lowest BCUT2D eigenvalue weighted by molar-refractivity contribution is -0.145. The van der Waals surface area contributed by atoms with Gasteiger partial charge in [0.15, 0.2) is 0 Å². The lowest BCUT2D eigenvalue weighted by Crippen LogP contribution is -2.36. The highest BCUT2D eigenvalue weighted by atomic mass is 32.1. The van der Waals surface area contributed by atoms with Crippen molar-refractivity contribution in [2.45, 2.75) is 65.3 Å². The molecule has 0 N–H and O–H groups in total. The van der Waals surface area contributed by atoms with Gasteiger partial charge in [0.1, 0.15) is 17.2 Å². The monoisotopic (exact) mass is 419 g/mol. The van der Waals surface area contributed by atoms with Crippen molar-refractivity contribution < 1.29 is 14.3 Å². The van der Waals surface area contributed by atoms with Crippen LogP contribution in [0.4, 0.5) is 0 Å². The lowest BCUT2D eigenvalue weighted by Gasteiger charge is -2.21. The summed E-state index contributed by atoms with van der Waals surface area (Å²) >= 11 is 1.48. The van der Waals surface area contributed by atoms with Crippen molar-refractivity contribution in [2.24, 2.45) is 0 Å². The fourth-order valence-corrected chi connectivity index (χ4v) is 5.17. The first-order valence-corrected chi connectivity index (χ1v) is 11.1. The van der Waals surface area contributed by atoms with Gasteiger partial charge in [-0.05, 0) is 45.1 Å². The van der Waals surface area contributed by atoms with Gasteiger partial charge >= 0.3 is 5.97 Å². The van der Waals surface area contributed by atoms with Gasteiger partial charge in [-0.3, -0.25) is 19.0 Å². The van der Waals surface area contributed by atoms with E-state index >= 15 is 0 Å². The zero-order valence-corrected chi connectivity index (χ0v) is 18.4. The molecule has 0 bridgehead atoms. The van der Waals surface area contributed by atoms with E-state index in [-0.39, 0.29) is 24.0 Å². The number of carbonyl (C=O) groups excluding carboxylic acids is 2. The highest BCUT2D eigenvalue weighted by molar-refractivity contribution is 7.18. The minimum atomic E-state index is -0.430. The molecule has 1 atom stereocenters. The van der Waals surface area contributed by atoms with Crippen LogP contribution in [0.15, 0.2) is 4.79 Å². The Labute approximate surface area is 174 Å². The lowest BCUT2D eigenvalue weighted by atomic mass is 9.86. The Morgan fingerprint density at radius 1 is 1.34 bits per heavy atom. The second-order valence-corrected chi connectivity index (χ2v) is 8.62. The number of esters is 1. The predicted molar refractivity (Wildman–Crippen MR) is 113 cm³/mol. The maximum atomic E-state index is 13.4. The number of carbonyl (C=O) groups is 2. The first-order chi connectivity index (χ1) is 13.9. The molecule has 2 heterocycles. The van der Waals surface area contributed by atoms with E-state index in [0.29, 0.717) is 35.6 Å². The summed E-state index contributed by atoms with van der Waals surface area (Å²) in [5.41, 5.74) is 0.533. The van der Waals surface area contributed by atoms with Gasteiger partial charge < -0.3 is 9.64 Å². The average molecular weight is 420 g/mol. The molecule has 158 valence electrons. The number of rotatable bonds is 7. The zero-order valence-electron chi connectivity index (χ0n) is 17.6. The van der Waals surface area contributed by atoms with Crippen molar-refractivity contribution in [2.75, 3.05) is 20.2 Å². The molecule has 2 aromatic rings. The number of nitrogens with zero attached hydrogens (tertiary/aromatic N) is 3. The number of aryl methyl sites for hydroxylation is 2. The summed E-state index contributed by atoms with van der Waals surface area (Å²) in [6, 6.07) is 0. The molecular weight excluding hydrogens is 390 g/mol. The van der Waals surface area contributed by atoms with E-state index in [1.165, 1.54) is 15.9 Å². The van der Waals surface area contributed by atoms with E-state index in [4.69, 9.17) is 4.74 Å². The third-order valence-electron chi connectivity index (χ3n) is 5.50. The van der Waals surface area contributed by atoms with E-state index in [1.807, 2.05) is 0 Å². The van der Waals surface area contributed by atoms with Gasteiger partial charge in [0.05, 0.1) is 17.9 Å². The molecule has 1 amide bonds. The SMILES string of the molecule is CCCCN(C)C(=O)Cn1c(C)nc2sc3c(c2c1=O)C(C(=O)OCC)CCC3. The molecule has 0 aliphatic heterocycles. The predicted octanol–water partition coefficient (Wildman–Crippen LogP) is 3.01. The van der Waals surface area contributed by atoms with E-state index in [9.17, 15) is 14.4 Å². The van der Waals surface area contributed by atoms with Crippen LogP contribution in [0.3, 0.4) is 0 Å². The van der Waals surface area contributed by atoms with Gasteiger partial charge in [0, 0.05) is 18.5 Å². The molecule has 1 aliphatic rings. The molecule has 1 aliphatic carbocycles. The molecular formula is C21H29N3O4S. The van der Waals surface area contributed by atoms with Crippen molar-refractivity contribution in [1.82, 2.24) is 14.5 Å². The van der Waals surface area contributed by atoms with Crippen molar-refractivity contribution in [3.05, 3.63) is 26.6 Å². The molecule has 3 rings (SSSR count). The van der Waals surface area contributed by atoms with E-state index in [2.05, 4.69) is 11.9 Å². The van der Waals surface area contributed by atoms with Crippen LogP contribution < -0.4 is 5.56 Å². The Bertz CT molecular complexity index is 978. The third kappa shape index (κ3) is 4.22. The number of unbranched alkanes of at least 4 members (excludes halogenated alkanes) is 1. The van der Waals surface area contributed by atoms with Crippen LogP contribution in [0, 0.1) is 6.92 Å². The molecule has 2 aromatic heterocycles. The average Bonchev–Trinajstić information content (AvgIpc) is 3.07. The summed E-state index contributed by atoms with van der Waals surface area (Å²) in [5, 5.41) is 0.484. The molecule has 0 aromatic carbocycles. The molecule has 7 nitrogen and oxygen atoms in total. The van der Waals surface area contributed by atoms with Crippen LogP contribution >= 0.6 is 11.3 Å². The zero-order chi connectivity index (χ0) is 21.1. The quantitative estimate of drug-likeness (QED) is 0.645. The maximum Gasteiger partial charge on any atom is 0.313 e. The van der Waals surface area contributed by atoms with Gasteiger partial charge in [0.2, 0.25) is 5.91 Å². The van der Waals surface area contributed by atoms with E-state index in [1.54, 1.807) is 25.8 Å². The normalized spacial score (nSPS) is 15.9. The van der Waals surface area contributed by atoms with Gasteiger partial charge in [-0.15, -0.1) is 11.3 Å². The fraction of sp³-hybridized carbons (Fsp3) is 0.619. The van der Waals surface area contributed by atoms with Crippen LogP contribution in [0.5, 0.6) is 0 Å². The summed E-state index contributed by atoms with van der Waals surface area (Å²) < 4.78 is 6.70. The number of fused-ring (bicyclic) bond motifs is 3. The highest BCUT2D eigenvalue weighted by Crippen LogP contribution is 2.41. The first kappa shape index (κ1) is 21.5. The second-order valence-electron chi connectivity index (χ2n) is 7.54. The Hall–Kier alpha value is -2.22. The number of hydrogen-bond acceptors (Lipinski definition) is 6. The van der Waals surface area contributed by atoms with Crippen LogP contribution in [0.1, 0.15) is 61.7 Å². The molecule has 0 spiro atoms. The second kappa shape index (κ2) is 9.07. The summed E-state index contributed by atoms with van der Waals surface area (Å²) in [6.07, 6.45) is 4.32. The fourth-order valence-electron chi connectivity index (χ4n) is 3.86. The van der Waals surface area contributed by atoms with Gasteiger partial charge in [-0.25, -0.2) is 4.98 Å².